The number of carbonyl (C=O) groups excluding carboxylic acids is 1. The van der Waals surface area contributed by atoms with Gasteiger partial charge in [0.1, 0.15) is 5.75 Å². The molecule has 116 valence electrons. The van der Waals surface area contributed by atoms with Crippen molar-refractivity contribution in [3.63, 3.8) is 0 Å². The molecule has 1 aliphatic rings. The van der Waals surface area contributed by atoms with Crippen LogP contribution < -0.4 is 10.5 Å². The van der Waals surface area contributed by atoms with Crippen LogP contribution in [0.4, 0.5) is 0 Å². The molecule has 0 unspecified atom stereocenters. The van der Waals surface area contributed by atoms with E-state index < -0.39 is 5.91 Å². The second-order valence-corrected chi connectivity index (χ2v) is 5.97. The van der Waals surface area contributed by atoms with Crippen LogP contribution in [0.1, 0.15) is 23.2 Å². The molecule has 2 N–H and O–H groups in total. The number of amides is 1. The van der Waals surface area contributed by atoms with Crippen molar-refractivity contribution in [2.75, 3.05) is 26.7 Å². The summed E-state index contributed by atoms with van der Waals surface area (Å²) < 4.78 is 5.92. The number of ether oxygens (including phenoxy) is 1. The van der Waals surface area contributed by atoms with E-state index in [1.165, 1.54) is 0 Å². The molecule has 1 saturated heterocycles. The van der Waals surface area contributed by atoms with Gasteiger partial charge in [0.2, 0.25) is 0 Å². The lowest BCUT2D eigenvalue weighted by molar-refractivity contribution is 0.0993. The number of aromatic nitrogens is 1. The van der Waals surface area contributed by atoms with Crippen LogP contribution in [-0.4, -0.2) is 42.5 Å². The normalized spacial score (nSPS) is 16.8. The number of likely N-dealkylation sites (tertiary alicyclic amines) is 1. The van der Waals surface area contributed by atoms with Crippen LogP contribution in [-0.2, 0) is 0 Å². The highest BCUT2D eigenvalue weighted by atomic mass is 16.5. The molecule has 2 aromatic rings. The SMILES string of the molecule is CN1CCC(COc2cc3ncccc3cc2C(N)=O)CC1. The van der Waals surface area contributed by atoms with E-state index in [-0.39, 0.29) is 0 Å². The van der Waals surface area contributed by atoms with E-state index in [1.54, 1.807) is 12.3 Å². The van der Waals surface area contributed by atoms with Gasteiger partial charge in [-0.05, 0) is 51.0 Å². The first-order chi connectivity index (χ1) is 10.6. The average molecular weight is 299 g/mol. The fourth-order valence-corrected chi connectivity index (χ4v) is 2.85. The van der Waals surface area contributed by atoms with E-state index in [1.807, 2.05) is 18.2 Å². The summed E-state index contributed by atoms with van der Waals surface area (Å²) in [6.45, 7) is 2.80. The van der Waals surface area contributed by atoms with Gasteiger partial charge in [-0.2, -0.15) is 0 Å². The minimum atomic E-state index is -0.468. The number of primary amides is 1. The fourth-order valence-electron chi connectivity index (χ4n) is 2.85. The smallest absolute Gasteiger partial charge is 0.252 e. The molecule has 1 aromatic heterocycles. The molecule has 0 spiro atoms. The highest BCUT2D eigenvalue weighted by molar-refractivity contribution is 6.00. The Labute approximate surface area is 130 Å². The molecule has 5 heteroatoms. The quantitative estimate of drug-likeness (QED) is 0.938. The van der Waals surface area contributed by atoms with Crippen LogP contribution in [0.25, 0.3) is 10.9 Å². The number of fused-ring (bicyclic) bond motifs is 1. The van der Waals surface area contributed by atoms with E-state index in [0.29, 0.717) is 23.8 Å². The van der Waals surface area contributed by atoms with Gasteiger partial charge in [0.15, 0.2) is 0 Å². The zero-order chi connectivity index (χ0) is 15.5. The van der Waals surface area contributed by atoms with Crippen LogP contribution >= 0.6 is 0 Å². The Hall–Kier alpha value is -2.14. The van der Waals surface area contributed by atoms with Gasteiger partial charge in [-0.25, -0.2) is 0 Å². The number of hydrogen-bond donors (Lipinski definition) is 1. The summed E-state index contributed by atoms with van der Waals surface area (Å²) in [5.74, 6) is 0.595. The molecule has 0 saturated carbocycles. The third-order valence-corrected chi connectivity index (χ3v) is 4.28. The molecule has 2 heterocycles. The van der Waals surface area contributed by atoms with E-state index in [2.05, 4.69) is 16.9 Å². The number of nitrogens with two attached hydrogens (primary N) is 1. The molecule has 22 heavy (non-hydrogen) atoms. The first kappa shape index (κ1) is 14.8. The molecule has 1 fully saturated rings. The van der Waals surface area contributed by atoms with E-state index in [0.717, 1.165) is 36.8 Å². The van der Waals surface area contributed by atoms with Gasteiger partial charge < -0.3 is 15.4 Å². The largest absolute Gasteiger partial charge is 0.492 e. The topological polar surface area (TPSA) is 68.4 Å². The van der Waals surface area contributed by atoms with Crippen molar-refractivity contribution in [2.24, 2.45) is 11.7 Å². The Kier molecular flexibility index (Phi) is 4.24. The number of rotatable bonds is 4. The fraction of sp³-hybridized carbons (Fsp3) is 0.412. The van der Waals surface area contributed by atoms with Gasteiger partial charge in [0.05, 0.1) is 17.7 Å². The Morgan fingerprint density at radius 1 is 1.41 bits per heavy atom. The molecule has 3 rings (SSSR count). The minimum Gasteiger partial charge on any atom is -0.492 e. The number of hydrogen-bond acceptors (Lipinski definition) is 4. The zero-order valence-electron chi connectivity index (χ0n) is 12.8. The molecule has 1 amide bonds. The summed E-state index contributed by atoms with van der Waals surface area (Å²) >= 11 is 0. The summed E-state index contributed by atoms with van der Waals surface area (Å²) in [5, 5.41) is 0.892. The monoisotopic (exact) mass is 299 g/mol. The van der Waals surface area contributed by atoms with Gasteiger partial charge in [-0.15, -0.1) is 0 Å². The highest BCUT2D eigenvalue weighted by Crippen LogP contribution is 2.26. The first-order valence-corrected chi connectivity index (χ1v) is 7.63. The molecule has 0 atom stereocenters. The third kappa shape index (κ3) is 3.20. The Bertz CT molecular complexity index is 679. The van der Waals surface area contributed by atoms with Crippen molar-refractivity contribution >= 4 is 16.8 Å². The first-order valence-electron chi connectivity index (χ1n) is 7.63. The summed E-state index contributed by atoms with van der Waals surface area (Å²) in [6.07, 6.45) is 3.97. The van der Waals surface area contributed by atoms with Crippen LogP contribution in [0, 0.1) is 5.92 Å². The van der Waals surface area contributed by atoms with Crippen LogP contribution in [0.15, 0.2) is 30.5 Å². The summed E-state index contributed by atoms with van der Waals surface area (Å²) in [4.78, 5) is 18.3. The van der Waals surface area contributed by atoms with E-state index in [9.17, 15) is 4.79 Å². The number of nitrogens with zero attached hydrogens (tertiary/aromatic N) is 2. The minimum absolute atomic E-state index is 0.424. The van der Waals surface area contributed by atoms with Gasteiger partial charge in [0, 0.05) is 17.6 Å². The lowest BCUT2D eigenvalue weighted by atomic mass is 9.98. The lowest BCUT2D eigenvalue weighted by Crippen LogP contribution is -2.32. The Morgan fingerprint density at radius 3 is 2.91 bits per heavy atom. The zero-order valence-corrected chi connectivity index (χ0v) is 12.8. The van der Waals surface area contributed by atoms with E-state index >= 15 is 0 Å². The lowest BCUT2D eigenvalue weighted by Gasteiger charge is -2.28. The molecular weight excluding hydrogens is 278 g/mol. The Balaban J connectivity index is 1.79. The van der Waals surface area contributed by atoms with E-state index in [4.69, 9.17) is 10.5 Å². The Morgan fingerprint density at radius 2 is 2.18 bits per heavy atom. The molecule has 1 aliphatic heterocycles. The number of benzene rings is 1. The molecule has 1 aromatic carbocycles. The third-order valence-electron chi connectivity index (χ3n) is 4.28. The second kappa shape index (κ2) is 6.32. The van der Waals surface area contributed by atoms with Crippen molar-refractivity contribution in [3.05, 3.63) is 36.0 Å². The van der Waals surface area contributed by atoms with Crippen molar-refractivity contribution in [2.45, 2.75) is 12.8 Å². The summed E-state index contributed by atoms with van der Waals surface area (Å²) in [6, 6.07) is 7.32. The van der Waals surface area contributed by atoms with Crippen molar-refractivity contribution < 1.29 is 9.53 Å². The van der Waals surface area contributed by atoms with Gasteiger partial charge >= 0.3 is 0 Å². The number of pyridine rings is 1. The summed E-state index contributed by atoms with van der Waals surface area (Å²) in [5.41, 5.74) is 6.72. The van der Waals surface area contributed by atoms with Crippen LogP contribution in [0.3, 0.4) is 0 Å². The second-order valence-electron chi connectivity index (χ2n) is 5.97. The van der Waals surface area contributed by atoms with Crippen molar-refractivity contribution in [1.29, 1.82) is 0 Å². The molecule has 0 aliphatic carbocycles. The molecule has 0 bridgehead atoms. The summed E-state index contributed by atoms with van der Waals surface area (Å²) in [7, 11) is 2.14. The van der Waals surface area contributed by atoms with Crippen molar-refractivity contribution in [1.82, 2.24) is 9.88 Å². The van der Waals surface area contributed by atoms with Gasteiger partial charge in [-0.3, -0.25) is 9.78 Å². The maximum Gasteiger partial charge on any atom is 0.252 e. The van der Waals surface area contributed by atoms with Crippen LogP contribution in [0.5, 0.6) is 5.75 Å². The molecule has 0 radical (unpaired) electrons. The maximum atomic E-state index is 11.7. The maximum absolute atomic E-state index is 11.7. The van der Waals surface area contributed by atoms with Gasteiger partial charge in [0.25, 0.3) is 5.91 Å². The molecule has 5 nitrogen and oxygen atoms in total. The standard InChI is InChI=1S/C17H21N3O2/c1-20-7-4-12(5-8-20)11-22-16-10-15-13(3-2-6-19-15)9-14(16)17(18)21/h2-3,6,9-10,12H,4-5,7-8,11H2,1H3,(H2,18,21). The number of piperidine rings is 1. The highest BCUT2D eigenvalue weighted by Gasteiger charge is 2.19. The predicted molar refractivity (Wildman–Crippen MR) is 86.0 cm³/mol. The number of carbonyl (C=O) groups is 1. The van der Waals surface area contributed by atoms with Crippen molar-refractivity contribution in [3.8, 4) is 5.75 Å². The average Bonchev–Trinajstić information content (AvgIpc) is 2.53. The molecular formula is C17H21N3O2. The van der Waals surface area contributed by atoms with Gasteiger partial charge in [-0.1, -0.05) is 6.07 Å². The predicted octanol–water partition coefficient (Wildman–Crippen LogP) is 2.05. The van der Waals surface area contributed by atoms with Crippen LogP contribution in [0.2, 0.25) is 0 Å².